The Morgan fingerprint density at radius 1 is 1.31 bits per heavy atom. The van der Waals surface area contributed by atoms with Crippen LogP contribution in [0.3, 0.4) is 0 Å². The van der Waals surface area contributed by atoms with Crippen molar-refractivity contribution in [2.75, 3.05) is 5.32 Å². The van der Waals surface area contributed by atoms with Gasteiger partial charge in [0, 0.05) is 35.3 Å². The van der Waals surface area contributed by atoms with Crippen molar-refractivity contribution in [3.63, 3.8) is 0 Å². The summed E-state index contributed by atoms with van der Waals surface area (Å²) in [6.45, 7) is 1.67. The van der Waals surface area contributed by atoms with Crippen LogP contribution in [0.1, 0.15) is 36.0 Å². The monoisotopic (exact) mass is 369 g/mol. The smallest absolute Gasteiger partial charge is 0.259 e. The Hall–Kier alpha value is -2.67. The molecule has 0 radical (unpaired) electrons. The van der Waals surface area contributed by atoms with Crippen LogP contribution in [0.4, 0.5) is 5.69 Å². The Kier molecular flexibility index (Phi) is 4.46. The van der Waals surface area contributed by atoms with E-state index < -0.39 is 0 Å². The molecule has 0 saturated heterocycles. The summed E-state index contributed by atoms with van der Waals surface area (Å²) in [6.07, 6.45) is 4.28. The number of rotatable bonds is 4. The largest absolute Gasteiger partial charge is 0.487 e. The molecule has 1 aromatic carbocycles. The van der Waals surface area contributed by atoms with Crippen LogP contribution in [0.15, 0.2) is 35.1 Å². The third-order valence-electron chi connectivity index (χ3n) is 4.36. The van der Waals surface area contributed by atoms with Gasteiger partial charge in [-0.25, -0.2) is 4.98 Å². The van der Waals surface area contributed by atoms with Crippen molar-refractivity contribution >= 4 is 27.9 Å². The van der Waals surface area contributed by atoms with Gasteiger partial charge in [-0.2, -0.15) is 0 Å². The molecule has 2 aromatic heterocycles. The molecule has 26 heavy (non-hydrogen) atoms. The molecule has 1 N–H and O–H groups in total. The Morgan fingerprint density at radius 3 is 3.00 bits per heavy atom. The van der Waals surface area contributed by atoms with Gasteiger partial charge >= 0.3 is 0 Å². The van der Waals surface area contributed by atoms with Crippen LogP contribution in [-0.2, 0) is 24.2 Å². The first-order valence-corrected chi connectivity index (χ1v) is 9.45. The summed E-state index contributed by atoms with van der Waals surface area (Å²) >= 11 is 1.61. The van der Waals surface area contributed by atoms with E-state index in [-0.39, 0.29) is 18.1 Å². The summed E-state index contributed by atoms with van der Waals surface area (Å²) in [6, 6.07) is 8.70. The highest BCUT2D eigenvalue weighted by atomic mass is 32.1. The van der Waals surface area contributed by atoms with Crippen LogP contribution in [0.25, 0.3) is 4.96 Å². The van der Waals surface area contributed by atoms with Crippen LogP contribution in [0, 0.1) is 0 Å². The number of ether oxygens (including phenoxy) is 1. The molecule has 6 nitrogen and oxygen atoms in total. The van der Waals surface area contributed by atoms with Crippen molar-refractivity contribution in [1.29, 1.82) is 0 Å². The summed E-state index contributed by atoms with van der Waals surface area (Å²) in [4.78, 5) is 30.3. The Labute approximate surface area is 154 Å². The summed E-state index contributed by atoms with van der Waals surface area (Å²) < 4.78 is 7.51. The number of thiazole rings is 1. The van der Waals surface area contributed by atoms with Crippen molar-refractivity contribution < 1.29 is 9.53 Å². The number of hydrogen-bond acceptors (Lipinski definition) is 5. The first-order chi connectivity index (χ1) is 12.6. The van der Waals surface area contributed by atoms with Gasteiger partial charge < -0.3 is 10.1 Å². The number of nitrogens with zero attached hydrogens (tertiary/aromatic N) is 2. The lowest BCUT2D eigenvalue weighted by Gasteiger charge is -2.10. The van der Waals surface area contributed by atoms with E-state index >= 15 is 0 Å². The summed E-state index contributed by atoms with van der Waals surface area (Å²) in [5.74, 6) is 0.479. The van der Waals surface area contributed by atoms with Gasteiger partial charge in [-0.05, 0) is 37.8 Å². The minimum absolute atomic E-state index is 0.0417. The minimum Gasteiger partial charge on any atom is -0.487 e. The molecule has 3 aromatic rings. The molecule has 4 rings (SSSR count). The molecule has 1 aliphatic rings. The highest BCUT2D eigenvalue weighted by Gasteiger charge is 2.18. The van der Waals surface area contributed by atoms with Crippen molar-refractivity contribution in [3.8, 4) is 5.75 Å². The Balaban J connectivity index is 1.56. The van der Waals surface area contributed by atoms with E-state index in [0.717, 1.165) is 29.9 Å². The SMILES string of the molecule is CC(=O)Nc1cccc(OCc2cc(=O)n3c4c(sc3n2)CCCC4)c1. The van der Waals surface area contributed by atoms with Gasteiger partial charge in [0.25, 0.3) is 5.56 Å². The second-order valence-electron chi connectivity index (χ2n) is 6.38. The Morgan fingerprint density at radius 2 is 2.15 bits per heavy atom. The molecule has 134 valence electrons. The van der Waals surface area contributed by atoms with E-state index in [0.29, 0.717) is 17.1 Å². The molecule has 0 atom stereocenters. The number of benzene rings is 1. The number of aromatic nitrogens is 2. The van der Waals surface area contributed by atoms with Gasteiger partial charge in [-0.3, -0.25) is 14.0 Å². The van der Waals surface area contributed by atoms with Gasteiger partial charge in [-0.15, -0.1) is 11.3 Å². The second-order valence-corrected chi connectivity index (χ2v) is 7.44. The van der Waals surface area contributed by atoms with Gasteiger partial charge in [0.15, 0.2) is 4.96 Å². The molecule has 0 saturated carbocycles. The molecule has 2 heterocycles. The zero-order valence-electron chi connectivity index (χ0n) is 14.4. The summed E-state index contributed by atoms with van der Waals surface area (Å²) in [5.41, 5.74) is 2.37. The topological polar surface area (TPSA) is 72.7 Å². The van der Waals surface area contributed by atoms with Crippen molar-refractivity contribution in [1.82, 2.24) is 9.38 Å². The van der Waals surface area contributed by atoms with E-state index in [1.807, 2.05) is 0 Å². The van der Waals surface area contributed by atoms with E-state index in [2.05, 4.69) is 10.3 Å². The number of fused-ring (bicyclic) bond motifs is 3. The van der Waals surface area contributed by atoms with Crippen LogP contribution in [-0.4, -0.2) is 15.3 Å². The molecular weight excluding hydrogens is 350 g/mol. The number of anilines is 1. The van der Waals surface area contributed by atoms with Crippen LogP contribution in [0.5, 0.6) is 5.75 Å². The van der Waals surface area contributed by atoms with Crippen LogP contribution in [0.2, 0.25) is 0 Å². The van der Waals surface area contributed by atoms with Crippen molar-refractivity contribution in [2.45, 2.75) is 39.2 Å². The number of aryl methyl sites for hydroxylation is 2. The maximum atomic E-state index is 12.5. The van der Waals surface area contributed by atoms with Gasteiger partial charge in [0.2, 0.25) is 5.91 Å². The normalized spacial score (nSPS) is 13.4. The lowest BCUT2D eigenvalue weighted by molar-refractivity contribution is -0.114. The fourth-order valence-electron chi connectivity index (χ4n) is 3.24. The fourth-order valence-corrected chi connectivity index (χ4v) is 4.47. The molecule has 7 heteroatoms. The number of amides is 1. The summed E-state index contributed by atoms with van der Waals surface area (Å²) in [7, 11) is 0. The third kappa shape index (κ3) is 3.35. The van der Waals surface area contributed by atoms with Crippen molar-refractivity contribution in [2.24, 2.45) is 0 Å². The number of carbonyl (C=O) groups is 1. The van der Waals surface area contributed by atoms with E-state index in [1.165, 1.54) is 18.2 Å². The predicted octanol–water partition coefficient (Wildman–Crippen LogP) is 3.17. The molecule has 0 unspecified atom stereocenters. The third-order valence-corrected chi connectivity index (χ3v) is 5.50. The number of carbonyl (C=O) groups excluding carboxylic acids is 1. The molecule has 0 aliphatic heterocycles. The highest BCUT2D eigenvalue weighted by molar-refractivity contribution is 7.17. The lowest BCUT2D eigenvalue weighted by Crippen LogP contribution is -2.18. The van der Waals surface area contributed by atoms with Crippen LogP contribution >= 0.6 is 11.3 Å². The Bertz CT molecular complexity index is 1040. The molecule has 0 bridgehead atoms. The fraction of sp³-hybridized carbons (Fsp3) is 0.316. The quantitative estimate of drug-likeness (QED) is 0.767. The molecule has 1 amide bonds. The van der Waals surface area contributed by atoms with Gasteiger partial charge in [0.05, 0.1) is 5.69 Å². The van der Waals surface area contributed by atoms with E-state index in [1.54, 1.807) is 46.1 Å². The maximum absolute atomic E-state index is 12.5. The molecule has 1 aliphatic carbocycles. The predicted molar refractivity (Wildman–Crippen MR) is 101 cm³/mol. The highest BCUT2D eigenvalue weighted by Crippen LogP contribution is 2.28. The standard InChI is InChI=1S/C19H19N3O3S/c1-12(23)20-13-5-4-6-15(9-13)25-11-14-10-18(24)22-16-7-2-3-8-17(16)26-19(22)21-14/h4-6,9-10H,2-3,7-8,11H2,1H3,(H,20,23). The number of nitrogens with one attached hydrogen (secondary N) is 1. The first-order valence-electron chi connectivity index (χ1n) is 8.64. The van der Waals surface area contributed by atoms with Gasteiger partial charge in [0.1, 0.15) is 12.4 Å². The maximum Gasteiger partial charge on any atom is 0.259 e. The first kappa shape index (κ1) is 16.8. The molecule has 0 fully saturated rings. The zero-order valence-corrected chi connectivity index (χ0v) is 15.3. The number of hydrogen-bond donors (Lipinski definition) is 1. The van der Waals surface area contributed by atoms with Gasteiger partial charge in [-0.1, -0.05) is 6.07 Å². The molecular formula is C19H19N3O3S. The molecule has 0 spiro atoms. The lowest BCUT2D eigenvalue weighted by atomic mass is 10.0. The van der Waals surface area contributed by atoms with Crippen molar-refractivity contribution in [3.05, 3.63) is 57.0 Å². The average molecular weight is 369 g/mol. The van der Waals surface area contributed by atoms with E-state index in [9.17, 15) is 9.59 Å². The van der Waals surface area contributed by atoms with Crippen LogP contribution < -0.4 is 15.6 Å². The van der Waals surface area contributed by atoms with E-state index in [4.69, 9.17) is 4.74 Å². The second kappa shape index (κ2) is 6.92. The zero-order chi connectivity index (χ0) is 18.1. The average Bonchev–Trinajstić information content (AvgIpc) is 2.98. The minimum atomic E-state index is -0.135. The summed E-state index contributed by atoms with van der Waals surface area (Å²) in [5, 5.41) is 2.72.